The maximum absolute atomic E-state index is 12.4. The molecule has 1 aliphatic rings. The second kappa shape index (κ2) is 8.52. The molecule has 0 N–H and O–H groups in total. The summed E-state index contributed by atoms with van der Waals surface area (Å²) in [5, 5.41) is 5.16. The van der Waals surface area contributed by atoms with Crippen molar-refractivity contribution in [1.82, 2.24) is 19.6 Å². The van der Waals surface area contributed by atoms with E-state index in [9.17, 15) is 4.79 Å². The maximum Gasteiger partial charge on any atom is 0.246 e. The Morgan fingerprint density at radius 3 is 2.54 bits per heavy atom. The fraction of sp³-hybridized carbons (Fsp3) is 0.400. The first-order chi connectivity index (χ1) is 12.5. The standard InChI is InChI=1S/C20H25ClN4O/c1-16-15-17(2)25(22-16)14-11-23-9-12-24(13-10-23)20(26)8-7-18-5-3-4-6-19(18)21/h3-8,15H,9-14H2,1-2H3. The van der Waals surface area contributed by atoms with Gasteiger partial charge in [0.25, 0.3) is 0 Å². The Morgan fingerprint density at radius 2 is 1.88 bits per heavy atom. The number of benzene rings is 1. The third-order valence-electron chi connectivity index (χ3n) is 4.73. The van der Waals surface area contributed by atoms with Gasteiger partial charge >= 0.3 is 0 Å². The number of carbonyl (C=O) groups is 1. The van der Waals surface area contributed by atoms with E-state index in [1.165, 1.54) is 5.69 Å². The summed E-state index contributed by atoms with van der Waals surface area (Å²) in [6.07, 6.45) is 3.41. The van der Waals surface area contributed by atoms with Gasteiger partial charge in [-0.3, -0.25) is 14.4 Å². The number of hydrogen-bond donors (Lipinski definition) is 0. The normalized spacial score (nSPS) is 15.7. The lowest BCUT2D eigenvalue weighted by Crippen LogP contribution is -2.48. The zero-order chi connectivity index (χ0) is 18.5. The second-order valence-electron chi connectivity index (χ2n) is 6.67. The highest BCUT2D eigenvalue weighted by Gasteiger charge is 2.19. The average Bonchev–Trinajstić information content (AvgIpc) is 2.97. The van der Waals surface area contributed by atoms with Crippen LogP contribution < -0.4 is 0 Å². The first kappa shape index (κ1) is 18.7. The lowest BCUT2D eigenvalue weighted by molar-refractivity contribution is -0.127. The average molecular weight is 373 g/mol. The molecule has 1 aromatic heterocycles. The van der Waals surface area contributed by atoms with E-state index in [0.29, 0.717) is 5.02 Å². The van der Waals surface area contributed by atoms with Crippen molar-refractivity contribution in [3.05, 3.63) is 58.4 Å². The highest BCUT2D eigenvalue weighted by Crippen LogP contribution is 2.16. The van der Waals surface area contributed by atoms with Crippen molar-refractivity contribution in [2.24, 2.45) is 0 Å². The summed E-state index contributed by atoms with van der Waals surface area (Å²) in [5.41, 5.74) is 3.12. The summed E-state index contributed by atoms with van der Waals surface area (Å²) in [6.45, 7) is 9.24. The maximum atomic E-state index is 12.4. The van der Waals surface area contributed by atoms with E-state index in [1.54, 1.807) is 12.2 Å². The molecule has 0 aliphatic carbocycles. The number of halogens is 1. The largest absolute Gasteiger partial charge is 0.337 e. The molecule has 5 nitrogen and oxygen atoms in total. The van der Waals surface area contributed by atoms with Crippen LogP contribution in [0.3, 0.4) is 0 Å². The van der Waals surface area contributed by atoms with E-state index in [4.69, 9.17) is 11.6 Å². The fourth-order valence-corrected chi connectivity index (χ4v) is 3.40. The minimum absolute atomic E-state index is 0.0446. The summed E-state index contributed by atoms with van der Waals surface area (Å²) >= 11 is 6.12. The Labute approximate surface area is 159 Å². The molecule has 1 amide bonds. The van der Waals surface area contributed by atoms with Gasteiger partial charge in [-0.2, -0.15) is 5.10 Å². The lowest BCUT2D eigenvalue weighted by Gasteiger charge is -2.34. The molecule has 1 saturated heterocycles. The van der Waals surface area contributed by atoms with E-state index in [2.05, 4.69) is 27.7 Å². The number of aromatic nitrogens is 2. The van der Waals surface area contributed by atoms with E-state index < -0.39 is 0 Å². The predicted octanol–water partition coefficient (Wildman–Crippen LogP) is 3.01. The second-order valence-corrected chi connectivity index (χ2v) is 7.08. The number of piperazine rings is 1. The zero-order valence-electron chi connectivity index (χ0n) is 15.4. The topological polar surface area (TPSA) is 41.4 Å². The molecule has 26 heavy (non-hydrogen) atoms. The van der Waals surface area contributed by atoms with Gasteiger partial charge in [0.15, 0.2) is 0 Å². The lowest BCUT2D eigenvalue weighted by atomic mass is 10.2. The van der Waals surface area contributed by atoms with Gasteiger partial charge in [0, 0.05) is 49.5 Å². The van der Waals surface area contributed by atoms with Gasteiger partial charge in [-0.05, 0) is 37.6 Å². The summed E-state index contributed by atoms with van der Waals surface area (Å²) in [7, 11) is 0. The first-order valence-corrected chi connectivity index (χ1v) is 9.35. The Balaban J connectivity index is 1.46. The molecular weight excluding hydrogens is 348 g/mol. The molecule has 0 saturated carbocycles. The van der Waals surface area contributed by atoms with E-state index in [0.717, 1.165) is 50.5 Å². The smallest absolute Gasteiger partial charge is 0.246 e. The molecule has 0 bridgehead atoms. The number of nitrogens with zero attached hydrogens (tertiary/aromatic N) is 4. The highest BCUT2D eigenvalue weighted by atomic mass is 35.5. The van der Waals surface area contributed by atoms with E-state index in [1.807, 2.05) is 36.1 Å². The number of hydrogen-bond acceptors (Lipinski definition) is 3. The van der Waals surface area contributed by atoms with E-state index in [-0.39, 0.29) is 5.91 Å². The van der Waals surface area contributed by atoms with Crippen molar-refractivity contribution in [1.29, 1.82) is 0 Å². The van der Waals surface area contributed by atoms with Gasteiger partial charge in [0.05, 0.1) is 12.2 Å². The van der Waals surface area contributed by atoms with Crippen LogP contribution in [0.4, 0.5) is 0 Å². The molecule has 2 heterocycles. The molecule has 0 radical (unpaired) electrons. The van der Waals surface area contributed by atoms with Crippen LogP contribution in [0.15, 0.2) is 36.4 Å². The first-order valence-electron chi connectivity index (χ1n) is 8.98. The van der Waals surface area contributed by atoms with Crippen molar-refractivity contribution in [3.63, 3.8) is 0 Å². The Bertz CT molecular complexity index is 791. The van der Waals surface area contributed by atoms with Crippen molar-refractivity contribution in [3.8, 4) is 0 Å². The zero-order valence-corrected chi connectivity index (χ0v) is 16.1. The molecule has 2 aromatic rings. The summed E-state index contributed by atoms with van der Waals surface area (Å²) in [5.74, 6) is 0.0446. The number of aryl methyl sites for hydroxylation is 2. The molecular formula is C20H25ClN4O. The van der Waals surface area contributed by atoms with E-state index >= 15 is 0 Å². The monoisotopic (exact) mass is 372 g/mol. The van der Waals surface area contributed by atoms with Crippen LogP contribution in [0, 0.1) is 13.8 Å². The van der Waals surface area contributed by atoms with Crippen molar-refractivity contribution < 1.29 is 4.79 Å². The van der Waals surface area contributed by atoms with Crippen LogP contribution in [-0.4, -0.2) is 58.2 Å². The molecule has 138 valence electrons. The molecule has 1 aromatic carbocycles. The molecule has 0 spiro atoms. The van der Waals surface area contributed by atoms with Crippen LogP contribution >= 0.6 is 11.6 Å². The summed E-state index contributed by atoms with van der Waals surface area (Å²) in [6, 6.07) is 9.63. The molecule has 1 fully saturated rings. The fourth-order valence-electron chi connectivity index (χ4n) is 3.21. The SMILES string of the molecule is Cc1cc(C)n(CCN2CCN(C(=O)C=Cc3ccccc3Cl)CC2)n1. The third-order valence-corrected chi connectivity index (χ3v) is 5.07. The van der Waals surface area contributed by atoms with Crippen LogP contribution in [0.5, 0.6) is 0 Å². The van der Waals surface area contributed by atoms with Crippen molar-refractivity contribution >= 4 is 23.6 Å². The Hall–Kier alpha value is -2.11. The Morgan fingerprint density at radius 1 is 1.15 bits per heavy atom. The third kappa shape index (κ3) is 4.74. The van der Waals surface area contributed by atoms with Crippen molar-refractivity contribution in [2.75, 3.05) is 32.7 Å². The summed E-state index contributed by atoms with van der Waals surface area (Å²) < 4.78 is 2.05. The van der Waals surface area contributed by atoms with Gasteiger partial charge in [0.1, 0.15) is 0 Å². The van der Waals surface area contributed by atoms with Crippen LogP contribution in [0.25, 0.3) is 6.08 Å². The van der Waals surface area contributed by atoms with Crippen LogP contribution in [0.2, 0.25) is 5.02 Å². The minimum Gasteiger partial charge on any atom is -0.337 e. The molecule has 0 atom stereocenters. The highest BCUT2D eigenvalue weighted by molar-refractivity contribution is 6.32. The van der Waals surface area contributed by atoms with Gasteiger partial charge in [0.2, 0.25) is 5.91 Å². The predicted molar refractivity (Wildman–Crippen MR) is 105 cm³/mol. The molecule has 1 aliphatic heterocycles. The van der Waals surface area contributed by atoms with Gasteiger partial charge < -0.3 is 4.90 Å². The number of rotatable bonds is 5. The molecule has 0 unspecified atom stereocenters. The van der Waals surface area contributed by atoms with Gasteiger partial charge in [-0.1, -0.05) is 29.8 Å². The van der Waals surface area contributed by atoms with Gasteiger partial charge in [-0.25, -0.2) is 0 Å². The quantitative estimate of drug-likeness (QED) is 0.757. The summed E-state index contributed by atoms with van der Waals surface area (Å²) in [4.78, 5) is 16.7. The minimum atomic E-state index is 0.0446. The van der Waals surface area contributed by atoms with Crippen LogP contribution in [0.1, 0.15) is 17.0 Å². The van der Waals surface area contributed by atoms with Gasteiger partial charge in [-0.15, -0.1) is 0 Å². The van der Waals surface area contributed by atoms with Crippen LogP contribution in [-0.2, 0) is 11.3 Å². The Kier molecular flexibility index (Phi) is 6.12. The van der Waals surface area contributed by atoms with Crippen molar-refractivity contribution in [2.45, 2.75) is 20.4 Å². The molecule has 3 rings (SSSR count). The number of carbonyl (C=O) groups excluding carboxylic acids is 1. The number of amides is 1. The molecule has 6 heteroatoms.